The van der Waals surface area contributed by atoms with Crippen LogP contribution in [0.5, 0.6) is 0 Å². The van der Waals surface area contributed by atoms with Crippen LogP contribution in [0.25, 0.3) is 0 Å². The molecule has 5 heteroatoms. The summed E-state index contributed by atoms with van der Waals surface area (Å²) in [7, 11) is 0. The first-order chi connectivity index (χ1) is 9.56. The molecule has 0 bridgehead atoms. The summed E-state index contributed by atoms with van der Waals surface area (Å²) < 4.78 is 6.10. The minimum Gasteiger partial charge on any atom is -0.361 e. The van der Waals surface area contributed by atoms with E-state index in [0.717, 1.165) is 27.1 Å². The van der Waals surface area contributed by atoms with Gasteiger partial charge in [0.25, 0.3) is 0 Å². The number of hydrogen-bond acceptors (Lipinski definition) is 3. The van der Waals surface area contributed by atoms with Gasteiger partial charge in [0.05, 0.1) is 5.69 Å². The van der Waals surface area contributed by atoms with Gasteiger partial charge in [-0.1, -0.05) is 33.2 Å². The largest absolute Gasteiger partial charge is 0.361 e. The van der Waals surface area contributed by atoms with Crippen molar-refractivity contribution in [3.63, 3.8) is 0 Å². The van der Waals surface area contributed by atoms with Gasteiger partial charge in [0.1, 0.15) is 5.76 Å². The van der Waals surface area contributed by atoms with Gasteiger partial charge in [-0.3, -0.25) is 4.79 Å². The summed E-state index contributed by atoms with van der Waals surface area (Å²) in [5.41, 5.74) is 2.97. The molecule has 2 rings (SSSR count). The van der Waals surface area contributed by atoms with Gasteiger partial charge >= 0.3 is 0 Å². The van der Waals surface area contributed by atoms with E-state index < -0.39 is 0 Å². The Kier molecular flexibility index (Phi) is 4.95. The van der Waals surface area contributed by atoms with E-state index in [4.69, 9.17) is 4.52 Å². The molecule has 1 aromatic carbocycles. The maximum absolute atomic E-state index is 11.8. The molecule has 1 amide bonds. The number of carbonyl (C=O) groups is 1. The molecule has 0 atom stereocenters. The molecular formula is C15H17BrN2O2. The van der Waals surface area contributed by atoms with Crippen molar-refractivity contribution in [1.29, 1.82) is 0 Å². The number of aromatic nitrogens is 1. The van der Waals surface area contributed by atoms with Crippen molar-refractivity contribution in [2.45, 2.75) is 33.2 Å². The zero-order chi connectivity index (χ0) is 14.5. The van der Waals surface area contributed by atoms with Gasteiger partial charge in [-0.05, 0) is 38.0 Å². The lowest BCUT2D eigenvalue weighted by Crippen LogP contribution is -2.23. The number of halogens is 1. The van der Waals surface area contributed by atoms with Crippen LogP contribution in [0.15, 0.2) is 33.3 Å². The second kappa shape index (κ2) is 6.70. The molecule has 0 fully saturated rings. The maximum Gasteiger partial charge on any atom is 0.220 e. The van der Waals surface area contributed by atoms with Crippen LogP contribution in [-0.4, -0.2) is 11.1 Å². The summed E-state index contributed by atoms with van der Waals surface area (Å²) in [4.78, 5) is 11.8. The Morgan fingerprint density at radius 3 is 2.85 bits per heavy atom. The van der Waals surface area contributed by atoms with E-state index in [2.05, 4.69) is 26.4 Å². The number of rotatable bonds is 5. The summed E-state index contributed by atoms with van der Waals surface area (Å²) >= 11 is 3.41. The van der Waals surface area contributed by atoms with Crippen LogP contribution in [0.3, 0.4) is 0 Å². The summed E-state index contributed by atoms with van der Waals surface area (Å²) in [5, 5.41) is 6.80. The lowest BCUT2D eigenvalue weighted by atomic mass is 10.1. The van der Waals surface area contributed by atoms with Gasteiger partial charge in [-0.2, -0.15) is 0 Å². The van der Waals surface area contributed by atoms with Crippen LogP contribution in [0.2, 0.25) is 0 Å². The van der Waals surface area contributed by atoms with E-state index in [1.807, 2.05) is 38.1 Å². The molecular weight excluding hydrogens is 320 g/mol. The van der Waals surface area contributed by atoms with Crippen LogP contribution in [0.1, 0.15) is 29.0 Å². The second-order valence-electron chi connectivity index (χ2n) is 4.71. The third kappa shape index (κ3) is 3.93. The number of amides is 1. The van der Waals surface area contributed by atoms with Crippen molar-refractivity contribution in [3.05, 3.63) is 51.3 Å². The molecule has 2 aromatic rings. The number of carbonyl (C=O) groups excluding carboxylic acids is 1. The highest BCUT2D eigenvalue weighted by Gasteiger charge is 2.10. The van der Waals surface area contributed by atoms with Crippen molar-refractivity contribution in [3.8, 4) is 0 Å². The molecule has 20 heavy (non-hydrogen) atoms. The van der Waals surface area contributed by atoms with Gasteiger partial charge in [-0.15, -0.1) is 0 Å². The topological polar surface area (TPSA) is 55.1 Å². The second-order valence-corrected chi connectivity index (χ2v) is 5.63. The average molecular weight is 337 g/mol. The Morgan fingerprint density at radius 1 is 1.40 bits per heavy atom. The Bertz CT molecular complexity index is 588. The van der Waals surface area contributed by atoms with Crippen LogP contribution in [0, 0.1) is 13.8 Å². The standard InChI is InChI=1S/C15H17BrN2O2/c1-10-14(11(2)20-18-10)6-7-15(19)17-9-12-4-3-5-13(16)8-12/h3-5,8H,6-7,9H2,1-2H3,(H,17,19). The number of benzene rings is 1. The fourth-order valence-corrected chi connectivity index (χ4v) is 2.48. The van der Waals surface area contributed by atoms with E-state index in [0.29, 0.717) is 19.4 Å². The highest BCUT2D eigenvalue weighted by Crippen LogP contribution is 2.14. The van der Waals surface area contributed by atoms with E-state index in [9.17, 15) is 4.79 Å². The highest BCUT2D eigenvalue weighted by atomic mass is 79.9. The Labute approximate surface area is 126 Å². The van der Waals surface area contributed by atoms with Crippen LogP contribution in [0.4, 0.5) is 0 Å². The first-order valence-electron chi connectivity index (χ1n) is 6.49. The number of hydrogen-bond donors (Lipinski definition) is 1. The van der Waals surface area contributed by atoms with Gasteiger partial charge < -0.3 is 9.84 Å². The number of nitrogens with one attached hydrogen (secondary N) is 1. The summed E-state index contributed by atoms with van der Waals surface area (Å²) in [5.74, 6) is 0.826. The van der Waals surface area contributed by atoms with Gasteiger partial charge in [0, 0.05) is 23.0 Å². The van der Waals surface area contributed by atoms with E-state index in [1.165, 1.54) is 0 Å². The molecule has 0 saturated carbocycles. The van der Waals surface area contributed by atoms with Crippen molar-refractivity contribution >= 4 is 21.8 Å². The normalized spacial score (nSPS) is 10.6. The van der Waals surface area contributed by atoms with Crippen molar-refractivity contribution in [1.82, 2.24) is 10.5 Å². The molecule has 0 unspecified atom stereocenters. The van der Waals surface area contributed by atoms with Crippen molar-refractivity contribution < 1.29 is 9.32 Å². The zero-order valence-electron chi connectivity index (χ0n) is 11.6. The quantitative estimate of drug-likeness (QED) is 0.911. The molecule has 1 heterocycles. The van der Waals surface area contributed by atoms with E-state index >= 15 is 0 Å². The van der Waals surface area contributed by atoms with Crippen molar-refractivity contribution in [2.24, 2.45) is 0 Å². The highest BCUT2D eigenvalue weighted by molar-refractivity contribution is 9.10. The van der Waals surface area contributed by atoms with E-state index in [1.54, 1.807) is 0 Å². The molecule has 4 nitrogen and oxygen atoms in total. The lowest BCUT2D eigenvalue weighted by Gasteiger charge is -2.05. The number of aryl methyl sites for hydroxylation is 2. The Hall–Kier alpha value is -1.62. The SMILES string of the molecule is Cc1noc(C)c1CCC(=O)NCc1cccc(Br)c1. The van der Waals surface area contributed by atoms with Crippen LogP contribution >= 0.6 is 15.9 Å². The minimum absolute atomic E-state index is 0.0324. The first-order valence-corrected chi connectivity index (χ1v) is 7.28. The predicted octanol–water partition coefficient (Wildman–Crippen LogP) is 3.30. The fourth-order valence-electron chi connectivity index (χ4n) is 2.03. The third-order valence-corrected chi connectivity index (χ3v) is 3.66. The monoisotopic (exact) mass is 336 g/mol. The molecule has 0 aliphatic rings. The number of nitrogens with zero attached hydrogens (tertiary/aromatic N) is 1. The molecule has 0 saturated heterocycles. The summed E-state index contributed by atoms with van der Waals surface area (Å²) in [6.07, 6.45) is 1.10. The predicted molar refractivity (Wildman–Crippen MR) is 80.3 cm³/mol. The molecule has 106 valence electrons. The average Bonchev–Trinajstić information content (AvgIpc) is 2.74. The zero-order valence-corrected chi connectivity index (χ0v) is 13.2. The molecule has 0 radical (unpaired) electrons. The first kappa shape index (κ1) is 14.8. The van der Waals surface area contributed by atoms with E-state index in [-0.39, 0.29) is 5.91 Å². The van der Waals surface area contributed by atoms with Gasteiger partial charge in [0.2, 0.25) is 5.91 Å². The lowest BCUT2D eigenvalue weighted by molar-refractivity contribution is -0.121. The maximum atomic E-state index is 11.8. The molecule has 1 N–H and O–H groups in total. The summed E-state index contributed by atoms with van der Waals surface area (Å²) in [6, 6.07) is 7.89. The minimum atomic E-state index is 0.0324. The van der Waals surface area contributed by atoms with Crippen LogP contribution in [-0.2, 0) is 17.8 Å². The third-order valence-electron chi connectivity index (χ3n) is 3.16. The van der Waals surface area contributed by atoms with Gasteiger partial charge in [-0.25, -0.2) is 0 Å². The summed E-state index contributed by atoms with van der Waals surface area (Å²) in [6.45, 7) is 4.31. The molecule has 1 aromatic heterocycles. The molecule has 0 aliphatic heterocycles. The Morgan fingerprint density at radius 2 is 2.20 bits per heavy atom. The van der Waals surface area contributed by atoms with Crippen molar-refractivity contribution in [2.75, 3.05) is 0 Å². The fraction of sp³-hybridized carbons (Fsp3) is 0.333. The molecule has 0 aliphatic carbocycles. The van der Waals surface area contributed by atoms with Crippen LogP contribution < -0.4 is 5.32 Å². The smallest absolute Gasteiger partial charge is 0.220 e. The Balaban J connectivity index is 1.81. The van der Waals surface area contributed by atoms with Gasteiger partial charge in [0.15, 0.2) is 0 Å². The molecule has 0 spiro atoms.